The second-order valence-electron chi connectivity index (χ2n) is 6.24. The van der Waals surface area contributed by atoms with Gasteiger partial charge in [-0.1, -0.05) is 60.7 Å². The van der Waals surface area contributed by atoms with Crippen LogP contribution in [-0.4, -0.2) is 19.7 Å². The van der Waals surface area contributed by atoms with E-state index >= 15 is 0 Å². The fourth-order valence-electron chi connectivity index (χ4n) is 2.89. The second-order valence-corrected chi connectivity index (χ2v) is 6.24. The van der Waals surface area contributed by atoms with Crippen LogP contribution in [0.2, 0.25) is 0 Å². The summed E-state index contributed by atoms with van der Waals surface area (Å²) in [4.78, 5) is 14.6. The molecule has 0 heterocycles. The zero-order chi connectivity index (χ0) is 18.9. The molecule has 4 nitrogen and oxygen atoms in total. The number of nitrogens with one attached hydrogen (secondary N) is 1. The number of nitrogens with zero attached hydrogens (tertiary/aromatic N) is 1. The monoisotopic (exact) mass is 360 g/mol. The van der Waals surface area contributed by atoms with Gasteiger partial charge in [-0.2, -0.15) is 0 Å². The molecule has 0 fully saturated rings. The number of hydrogen-bond acceptors (Lipinski definition) is 2. The van der Waals surface area contributed by atoms with Crippen LogP contribution in [0.4, 0.5) is 10.5 Å². The molecule has 0 spiro atoms. The first-order valence-corrected chi connectivity index (χ1v) is 9.03. The zero-order valence-electron chi connectivity index (χ0n) is 15.5. The quantitative estimate of drug-likeness (QED) is 0.666. The topological polar surface area (TPSA) is 41.6 Å². The molecule has 0 saturated carbocycles. The summed E-state index contributed by atoms with van der Waals surface area (Å²) < 4.78 is 5.25. The van der Waals surface area contributed by atoms with Gasteiger partial charge < -0.3 is 10.1 Å². The predicted molar refractivity (Wildman–Crippen MR) is 109 cm³/mol. The first-order chi connectivity index (χ1) is 13.3. The van der Waals surface area contributed by atoms with Crippen LogP contribution in [0.1, 0.15) is 11.1 Å². The Bertz CT molecular complexity index is 851. The lowest BCUT2D eigenvalue weighted by Gasteiger charge is -2.23. The van der Waals surface area contributed by atoms with Gasteiger partial charge in [-0.15, -0.1) is 0 Å². The number of hydrogen-bond donors (Lipinski definition) is 1. The molecule has 4 heteroatoms. The van der Waals surface area contributed by atoms with Crippen molar-refractivity contribution in [2.75, 3.05) is 18.6 Å². The number of methoxy groups -OCH3 is 1. The Kier molecular flexibility index (Phi) is 6.47. The van der Waals surface area contributed by atoms with Gasteiger partial charge in [0.2, 0.25) is 0 Å². The van der Waals surface area contributed by atoms with Crippen LogP contribution >= 0.6 is 0 Å². The van der Waals surface area contributed by atoms with Crippen LogP contribution < -0.4 is 15.0 Å². The lowest BCUT2D eigenvalue weighted by Crippen LogP contribution is -2.40. The van der Waals surface area contributed by atoms with Crippen molar-refractivity contribution in [3.8, 4) is 5.75 Å². The van der Waals surface area contributed by atoms with E-state index in [-0.39, 0.29) is 6.03 Å². The zero-order valence-corrected chi connectivity index (χ0v) is 15.5. The van der Waals surface area contributed by atoms with Crippen molar-refractivity contribution >= 4 is 11.7 Å². The smallest absolute Gasteiger partial charge is 0.322 e. The van der Waals surface area contributed by atoms with E-state index in [1.807, 2.05) is 84.9 Å². The average Bonchev–Trinajstić information content (AvgIpc) is 2.73. The van der Waals surface area contributed by atoms with E-state index in [1.165, 1.54) is 0 Å². The second kappa shape index (κ2) is 9.43. The Morgan fingerprint density at radius 2 is 1.56 bits per heavy atom. The molecule has 0 atom stereocenters. The van der Waals surface area contributed by atoms with Gasteiger partial charge in [0.25, 0.3) is 0 Å². The van der Waals surface area contributed by atoms with Gasteiger partial charge in [0.1, 0.15) is 5.75 Å². The average molecular weight is 360 g/mol. The summed E-state index contributed by atoms with van der Waals surface area (Å²) in [5, 5.41) is 3.03. The molecular weight excluding hydrogens is 336 g/mol. The van der Waals surface area contributed by atoms with E-state index < -0.39 is 0 Å². The Morgan fingerprint density at radius 1 is 0.889 bits per heavy atom. The summed E-state index contributed by atoms with van der Waals surface area (Å²) in [6.07, 6.45) is 0.747. The van der Waals surface area contributed by atoms with Crippen molar-refractivity contribution in [1.82, 2.24) is 5.32 Å². The first-order valence-electron chi connectivity index (χ1n) is 9.03. The summed E-state index contributed by atoms with van der Waals surface area (Å²) in [7, 11) is 1.65. The Labute approximate surface area is 160 Å². The lowest BCUT2D eigenvalue weighted by molar-refractivity contribution is 0.246. The van der Waals surface area contributed by atoms with Gasteiger partial charge in [0, 0.05) is 12.2 Å². The highest BCUT2D eigenvalue weighted by molar-refractivity contribution is 5.91. The molecule has 138 valence electrons. The SMILES string of the molecule is COc1cccc(CCNC(=O)N(Cc2ccccc2)c2ccccc2)c1. The van der Waals surface area contributed by atoms with Gasteiger partial charge in [-0.3, -0.25) is 4.90 Å². The Balaban J connectivity index is 1.65. The third kappa shape index (κ3) is 5.35. The highest BCUT2D eigenvalue weighted by Gasteiger charge is 2.15. The highest BCUT2D eigenvalue weighted by Crippen LogP contribution is 2.17. The molecule has 0 saturated heterocycles. The number of anilines is 1. The molecule has 27 heavy (non-hydrogen) atoms. The van der Waals surface area contributed by atoms with Crippen LogP contribution in [0, 0.1) is 0 Å². The molecule has 0 aromatic heterocycles. The summed E-state index contributed by atoms with van der Waals surface area (Å²) in [5.74, 6) is 0.828. The summed E-state index contributed by atoms with van der Waals surface area (Å²) in [6.45, 7) is 1.08. The van der Waals surface area contributed by atoms with Crippen LogP contribution in [0.25, 0.3) is 0 Å². The maximum Gasteiger partial charge on any atom is 0.322 e. The molecule has 3 rings (SSSR count). The summed E-state index contributed by atoms with van der Waals surface area (Å²) in [6, 6.07) is 27.5. The lowest BCUT2D eigenvalue weighted by atomic mass is 10.1. The normalized spacial score (nSPS) is 10.3. The van der Waals surface area contributed by atoms with E-state index in [2.05, 4.69) is 5.32 Å². The van der Waals surface area contributed by atoms with Crippen molar-refractivity contribution in [3.05, 3.63) is 96.1 Å². The molecule has 3 aromatic carbocycles. The van der Waals surface area contributed by atoms with Gasteiger partial charge >= 0.3 is 6.03 Å². The molecule has 0 radical (unpaired) electrons. The van der Waals surface area contributed by atoms with E-state index in [0.717, 1.165) is 29.0 Å². The number of amides is 2. The number of para-hydroxylation sites is 1. The Morgan fingerprint density at radius 3 is 2.26 bits per heavy atom. The maximum atomic E-state index is 12.9. The van der Waals surface area contributed by atoms with Gasteiger partial charge in [0.15, 0.2) is 0 Å². The van der Waals surface area contributed by atoms with E-state index in [0.29, 0.717) is 13.1 Å². The molecule has 0 unspecified atom stereocenters. The van der Waals surface area contributed by atoms with E-state index in [4.69, 9.17) is 4.74 Å². The molecule has 0 aliphatic heterocycles. The molecular formula is C23H24N2O2. The first kappa shape index (κ1) is 18.5. The number of urea groups is 1. The highest BCUT2D eigenvalue weighted by atomic mass is 16.5. The fraction of sp³-hybridized carbons (Fsp3) is 0.174. The summed E-state index contributed by atoms with van der Waals surface area (Å²) in [5.41, 5.74) is 3.09. The molecule has 3 aromatic rings. The summed E-state index contributed by atoms with van der Waals surface area (Å²) >= 11 is 0. The number of ether oxygens (including phenoxy) is 1. The van der Waals surface area contributed by atoms with Crippen molar-refractivity contribution < 1.29 is 9.53 Å². The standard InChI is InChI=1S/C23H24N2O2/c1-27-22-14-8-11-19(17-22)15-16-24-23(26)25(21-12-6-3-7-13-21)18-20-9-4-2-5-10-20/h2-14,17H,15-16,18H2,1H3,(H,24,26). The number of benzene rings is 3. The largest absolute Gasteiger partial charge is 0.497 e. The number of carbonyl (C=O) groups excluding carboxylic acids is 1. The Hall–Kier alpha value is -3.27. The van der Waals surface area contributed by atoms with Gasteiger partial charge in [-0.05, 0) is 41.8 Å². The molecule has 1 N–H and O–H groups in total. The fourth-order valence-corrected chi connectivity index (χ4v) is 2.89. The van der Waals surface area contributed by atoms with Gasteiger partial charge in [-0.25, -0.2) is 4.79 Å². The van der Waals surface area contributed by atoms with E-state index in [9.17, 15) is 4.79 Å². The number of rotatable bonds is 7. The van der Waals surface area contributed by atoms with Crippen molar-refractivity contribution in [2.45, 2.75) is 13.0 Å². The molecule has 2 amide bonds. The van der Waals surface area contributed by atoms with Crippen molar-refractivity contribution in [3.63, 3.8) is 0 Å². The van der Waals surface area contributed by atoms with Crippen LogP contribution in [0.15, 0.2) is 84.9 Å². The third-order valence-corrected chi connectivity index (χ3v) is 4.32. The van der Waals surface area contributed by atoms with Crippen molar-refractivity contribution in [1.29, 1.82) is 0 Å². The third-order valence-electron chi connectivity index (χ3n) is 4.32. The number of carbonyl (C=O) groups is 1. The van der Waals surface area contributed by atoms with Crippen LogP contribution in [0.3, 0.4) is 0 Å². The molecule has 0 aliphatic carbocycles. The minimum atomic E-state index is -0.104. The maximum absolute atomic E-state index is 12.9. The van der Waals surface area contributed by atoms with Gasteiger partial charge in [0.05, 0.1) is 13.7 Å². The minimum Gasteiger partial charge on any atom is -0.497 e. The van der Waals surface area contributed by atoms with Crippen molar-refractivity contribution in [2.24, 2.45) is 0 Å². The van der Waals surface area contributed by atoms with Crippen LogP contribution in [0.5, 0.6) is 5.75 Å². The molecule has 0 bridgehead atoms. The minimum absolute atomic E-state index is 0.104. The van der Waals surface area contributed by atoms with E-state index in [1.54, 1.807) is 12.0 Å². The molecule has 0 aliphatic rings. The predicted octanol–water partition coefficient (Wildman–Crippen LogP) is 4.65. The van der Waals surface area contributed by atoms with Crippen LogP contribution in [-0.2, 0) is 13.0 Å².